The number of amides is 1. The molecule has 140 valence electrons. The first-order chi connectivity index (χ1) is 12.6. The first-order valence-corrected chi connectivity index (χ1v) is 8.25. The van der Waals surface area contributed by atoms with Crippen molar-refractivity contribution in [1.29, 1.82) is 0 Å². The minimum atomic E-state index is -4.62. The van der Waals surface area contributed by atoms with E-state index >= 15 is 0 Å². The number of carbonyl (C=O) groups is 1. The van der Waals surface area contributed by atoms with Gasteiger partial charge in [-0.05, 0) is 49.2 Å². The summed E-state index contributed by atoms with van der Waals surface area (Å²) >= 11 is 5.57. The summed E-state index contributed by atoms with van der Waals surface area (Å²) in [6, 6.07) is 10.2. The highest BCUT2D eigenvalue weighted by molar-refractivity contribution is 6.31. The van der Waals surface area contributed by atoms with Crippen LogP contribution in [0.2, 0.25) is 5.02 Å². The zero-order chi connectivity index (χ0) is 19.8. The van der Waals surface area contributed by atoms with Crippen LogP contribution in [0.15, 0.2) is 47.0 Å². The minimum Gasteiger partial charge on any atom is -0.355 e. The number of hydrogen-bond donors (Lipinski definition) is 1. The standard InChI is InChI=1S/C19H14ClF3N2O2/c1-10-3-4-12(7-11(10)2)17-9-16(25-27-17)18(26)24-13-5-6-15(20)14(8-13)19(21,22)23/h3-9H,1-2H3,(H,24,26). The molecule has 0 spiro atoms. The highest BCUT2D eigenvalue weighted by Crippen LogP contribution is 2.36. The Morgan fingerprint density at radius 3 is 2.48 bits per heavy atom. The number of carbonyl (C=O) groups excluding carboxylic acids is 1. The largest absolute Gasteiger partial charge is 0.417 e. The zero-order valence-electron chi connectivity index (χ0n) is 14.3. The quantitative estimate of drug-likeness (QED) is 0.603. The molecule has 0 radical (unpaired) electrons. The van der Waals surface area contributed by atoms with E-state index in [0.717, 1.165) is 28.8 Å². The van der Waals surface area contributed by atoms with Crippen molar-refractivity contribution in [2.75, 3.05) is 5.32 Å². The molecule has 0 aliphatic carbocycles. The third kappa shape index (κ3) is 4.14. The molecule has 27 heavy (non-hydrogen) atoms. The van der Waals surface area contributed by atoms with E-state index in [4.69, 9.17) is 16.1 Å². The SMILES string of the molecule is Cc1ccc(-c2cc(C(=O)Nc3ccc(Cl)c(C(F)(F)F)c3)no2)cc1C. The summed E-state index contributed by atoms with van der Waals surface area (Å²) in [5.41, 5.74) is 1.78. The van der Waals surface area contributed by atoms with Crippen molar-refractivity contribution in [1.82, 2.24) is 5.16 Å². The molecule has 0 saturated heterocycles. The Kier molecular flexibility index (Phi) is 4.97. The van der Waals surface area contributed by atoms with Gasteiger partial charge in [-0.1, -0.05) is 28.9 Å². The number of rotatable bonds is 3. The summed E-state index contributed by atoms with van der Waals surface area (Å²) in [6.07, 6.45) is -4.62. The van der Waals surface area contributed by atoms with E-state index < -0.39 is 22.7 Å². The molecule has 1 amide bonds. The second kappa shape index (κ2) is 7.08. The number of alkyl halides is 3. The number of aryl methyl sites for hydroxylation is 2. The van der Waals surface area contributed by atoms with Gasteiger partial charge in [0.15, 0.2) is 11.5 Å². The molecule has 0 aliphatic rings. The Bertz CT molecular complexity index is 1010. The van der Waals surface area contributed by atoms with Crippen molar-refractivity contribution in [2.24, 2.45) is 0 Å². The van der Waals surface area contributed by atoms with Gasteiger partial charge in [0.2, 0.25) is 0 Å². The van der Waals surface area contributed by atoms with E-state index in [1.54, 1.807) is 0 Å². The predicted molar refractivity (Wildman–Crippen MR) is 95.8 cm³/mol. The number of halogens is 4. The van der Waals surface area contributed by atoms with Gasteiger partial charge >= 0.3 is 6.18 Å². The van der Waals surface area contributed by atoms with Crippen LogP contribution in [0.4, 0.5) is 18.9 Å². The fourth-order valence-electron chi connectivity index (χ4n) is 2.43. The van der Waals surface area contributed by atoms with E-state index in [1.807, 2.05) is 32.0 Å². The average Bonchev–Trinajstić information content (AvgIpc) is 3.08. The zero-order valence-corrected chi connectivity index (χ0v) is 15.1. The van der Waals surface area contributed by atoms with Crippen LogP contribution in [0.5, 0.6) is 0 Å². The minimum absolute atomic E-state index is 0.0487. The van der Waals surface area contributed by atoms with E-state index in [9.17, 15) is 18.0 Å². The fourth-order valence-corrected chi connectivity index (χ4v) is 2.65. The van der Waals surface area contributed by atoms with Crippen molar-refractivity contribution >= 4 is 23.2 Å². The Morgan fingerprint density at radius 2 is 1.81 bits per heavy atom. The second-order valence-corrected chi connectivity index (χ2v) is 6.43. The van der Waals surface area contributed by atoms with Gasteiger partial charge in [-0.3, -0.25) is 4.79 Å². The maximum Gasteiger partial charge on any atom is 0.417 e. The summed E-state index contributed by atoms with van der Waals surface area (Å²) in [5.74, 6) is -0.306. The summed E-state index contributed by atoms with van der Waals surface area (Å²) < 4.78 is 43.9. The van der Waals surface area contributed by atoms with Crippen LogP contribution in [-0.4, -0.2) is 11.1 Å². The molecule has 0 fully saturated rings. The van der Waals surface area contributed by atoms with Crippen LogP contribution in [0.3, 0.4) is 0 Å². The van der Waals surface area contributed by atoms with Gasteiger partial charge in [-0.2, -0.15) is 13.2 Å². The molecule has 1 N–H and O–H groups in total. The smallest absolute Gasteiger partial charge is 0.355 e. The van der Waals surface area contributed by atoms with Gasteiger partial charge < -0.3 is 9.84 Å². The summed E-state index contributed by atoms with van der Waals surface area (Å²) in [5, 5.41) is 5.61. The number of benzene rings is 2. The molecule has 3 rings (SSSR count). The van der Waals surface area contributed by atoms with Crippen LogP contribution in [0.25, 0.3) is 11.3 Å². The highest BCUT2D eigenvalue weighted by atomic mass is 35.5. The molecule has 0 atom stereocenters. The van der Waals surface area contributed by atoms with Crippen LogP contribution in [-0.2, 0) is 6.18 Å². The molecule has 0 aliphatic heterocycles. The number of anilines is 1. The van der Waals surface area contributed by atoms with Gasteiger partial charge in [-0.15, -0.1) is 0 Å². The molecule has 2 aromatic carbocycles. The molecule has 1 heterocycles. The predicted octanol–water partition coefficient (Wildman–Crippen LogP) is 5.88. The monoisotopic (exact) mass is 394 g/mol. The Balaban J connectivity index is 1.82. The van der Waals surface area contributed by atoms with Crippen molar-refractivity contribution in [3.8, 4) is 11.3 Å². The summed E-state index contributed by atoms with van der Waals surface area (Å²) in [7, 11) is 0. The highest BCUT2D eigenvalue weighted by Gasteiger charge is 2.33. The molecule has 0 bridgehead atoms. The summed E-state index contributed by atoms with van der Waals surface area (Å²) in [4.78, 5) is 12.3. The third-order valence-corrected chi connectivity index (χ3v) is 4.39. The molecule has 1 aromatic heterocycles. The first-order valence-electron chi connectivity index (χ1n) is 7.87. The molecular formula is C19H14ClF3N2O2. The van der Waals surface area contributed by atoms with Crippen LogP contribution >= 0.6 is 11.6 Å². The van der Waals surface area contributed by atoms with Crippen LogP contribution in [0.1, 0.15) is 27.2 Å². The van der Waals surface area contributed by atoms with E-state index in [-0.39, 0.29) is 11.4 Å². The van der Waals surface area contributed by atoms with Gasteiger partial charge in [-0.25, -0.2) is 0 Å². The topological polar surface area (TPSA) is 55.1 Å². The lowest BCUT2D eigenvalue weighted by atomic mass is 10.0. The maximum absolute atomic E-state index is 12.9. The maximum atomic E-state index is 12.9. The van der Waals surface area contributed by atoms with Crippen LogP contribution in [0, 0.1) is 13.8 Å². The number of aromatic nitrogens is 1. The first kappa shape index (κ1) is 19.0. The van der Waals surface area contributed by atoms with Gasteiger partial charge in [0, 0.05) is 17.3 Å². The van der Waals surface area contributed by atoms with Crippen LogP contribution < -0.4 is 5.32 Å². The summed E-state index contributed by atoms with van der Waals surface area (Å²) in [6.45, 7) is 3.92. The number of nitrogens with zero attached hydrogens (tertiary/aromatic N) is 1. The van der Waals surface area contributed by atoms with Crippen molar-refractivity contribution < 1.29 is 22.5 Å². The fraction of sp³-hybridized carbons (Fsp3) is 0.158. The lowest BCUT2D eigenvalue weighted by Gasteiger charge is -2.11. The molecule has 3 aromatic rings. The van der Waals surface area contributed by atoms with Gasteiger partial charge in [0.1, 0.15) is 0 Å². The molecule has 0 unspecified atom stereocenters. The molecule has 8 heteroatoms. The number of hydrogen-bond acceptors (Lipinski definition) is 3. The molecule has 4 nitrogen and oxygen atoms in total. The van der Waals surface area contributed by atoms with Crippen molar-refractivity contribution in [2.45, 2.75) is 20.0 Å². The van der Waals surface area contributed by atoms with E-state index in [1.165, 1.54) is 12.1 Å². The molecular weight excluding hydrogens is 381 g/mol. The van der Waals surface area contributed by atoms with Crippen molar-refractivity contribution in [3.63, 3.8) is 0 Å². The van der Waals surface area contributed by atoms with E-state index in [0.29, 0.717) is 5.76 Å². The Hall–Kier alpha value is -2.80. The number of nitrogens with one attached hydrogen (secondary N) is 1. The normalized spacial score (nSPS) is 11.5. The lowest BCUT2D eigenvalue weighted by Crippen LogP contribution is -2.13. The Morgan fingerprint density at radius 1 is 1.07 bits per heavy atom. The van der Waals surface area contributed by atoms with E-state index in [2.05, 4.69) is 10.5 Å². The third-order valence-electron chi connectivity index (χ3n) is 4.06. The van der Waals surface area contributed by atoms with Gasteiger partial charge in [0.25, 0.3) is 5.91 Å². The molecule has 0 saturated carbocycles. The van der Waals surface area contributed by atoms with Crippen molar-refractivity contribution in [3.05, 3.63) is 69.9 Å². The average molecular weight is 395 g/mol. The van der Waals surface area contributed by atoms with Gasteiger partial charge in [0.05, 0.1) is 10.6 Å². The second-order valence-electron chi connectivity index (χ2n) is 6.02. The lowest BCUT2D eigenvalue weighted by molar-refractivity contribution is -0.137. The Labute approximate surface area is 157 Å².